The number of carbonyl (C=O) groups is 2. The summed E-state index contributed by atoms with van der Waals surface area (Å²) < 4.78 is 33.4. The van der Waals surface area contributed by atoms with Crippen LogP contribution in [0, 0.1) is 0 Å². The number of nitrogens with zero attached hydrogens (tertiary/aromatic N) is 1. The molecule has 0 aromatic rings. The summed E-state index contributed by atoms with van der Waals surface area (Å²) in [6.45, 7) is 4.17. The monoisotopic (exact) mass is 768 g/mol. The van der Waals surface area contributed by atoms with Crippen LogP contribution in [0.5, 0.6) is 0 Å². The zero-order valence-electron chi connectivity index (χ0n) is 34.2. The second-order valence-electron chi connectivity index (χ2n) is 14.1. The number of hydrogen-bond donors (Lipinski definition) is 1. The molecule has 0 aliphatic heterocycles. The number of esters is 2. The van der Waals surface area contributed by atoms with Crippen molar-refractivity contribution in [3.63, 3.8) is 0 Å². The van der Waals surface area contributed by atoms with Gasteiger partial charge < -0.3 is 19.3 Å². The molecule has 0 saturated carbocycles. The van der Waals surface area contributed by atoms with Gasteiger partial charge in [0.05, 0.1) is 13.2 Å². The van der Waals surface area contributed by atoms with E-state index in [1.165, 1.54) is 44.9 Å². The summed E-state index contributed by atoms with van der Waals surface area (Å²) in [5.41, 5.74) is 0. The van der Waals surface area contributed by atoms with E-state index in [1.54, 1.807) is 0 Å². The average Bonchev–Trinajstić information content (AvgIpc) is 3.12. The zero-order valence-corrected chi connectivity index (χ0v) is 35.1. The maximum absolute atomic E-state index is 12.6. The molecule has 53 heavy (non-hydrogen) atoms. The van der Waals surface area contributed by atoms with Gasteiger partial charge in [0.2, 0.25) is 0 Å². The average molecular weight is 768 g/mol. The second kappa shape index (κ2) is 38.3. The Balaban J connectivity index is 4.36. The molecule has 0 fully saturated rings. The Morgan fingerprint density at radius 2 is 1.08 bits per heavy atom. The van der Waals surface area contributed by atoms with Crippen molar-refractivity contribution in [2.75, 3.05) is 40.5 Å². The van der Waals surface area contributed by atoms with Gasteiger partial charge in [0.25, 0.3) is 0 Å². The molecule has 0 rings (SSSR count). The maximum atomic E-state index is 12.6. The molecule has 0 aromatic heterocycles. The lowest BCUT2D eigenvalue weighted by molar-refractivity contribution is -0.161. The van der Waals surface area contributed by atoms with Crippen LogP contribution < -0.4 is 0 Å². The molecular weight excluding hydrogens is 689 g/mol. The number of phosphoric ester groups is 1. The molecule has 10 heteroatoms. The number of ether oxygens (including phenoxy) is 2. The Morgan fingerprint density at radius 3 is 1.62 bits per heavy atom. The van der Waals surface area contributed by atoms with Gasteiger partial charge >= 0.3 is 19.8 Å². The Kier molecular flexibility index (Phi) is 36.8. The van der Waals surface area contributed by atoms with Crippen molar-refractivity contribution in [2.45, 2.75) is 174 Å². The van der Waals surface area contributed by atoms with E-state index in [4.69, 9.17) is 18.5 Å². The summed E-state index contributed by atoms with van der Waals surface area (Å²) in [4.78, 5) is 37.0. The highest BCUT2D eigenvalue weighted by Gasteiger charge is 2.26. The standard InChI is InChI=1S/C43H78NO8P/c1-5-7-9-11-13-15-17-19-21-23-25-27-29-31-33-35-42(45)49-39-41(40-51-53(47,48)50-38-37-44(3)4)52-43(46)36-34-32-30-28-26-24-22-20-18-16-14-12-10-8-6-2/h7,9,13,15,19-22,41H,5-6,8,10-12,14,16-18,23-40H2,1-4H3,(H,47,48)/b9-7-,15-13-,21-19-,22-20-. The summed E-state index contributed by atoms with van der Waals surface area (Å²) in [6.07, 6.45) is 41.5. The third kappa shape index (κ3) is 39.5. The van der Waals surface area contributed by atoms with E-state index in [2.05, 4.69) is 62.5 Å². The third-order valence-electron chi connectivity index (χ3n) is 8.62. The lowest BCUT2D eigenvalue weighted by atomic mass is 10.1. The van der Waals surface area contributed by atoms with Crippen molar-refractivity contribution in [3.8, 4) is 0 Å². The van der Waals surface area contributed by atoms with E-state index in [9.17, 15) is 19.0 Å². The van der Waals surface area contributed by atoms with Crippen LogP contribution in [-0.4, -0.2) is 68.3 Å². The number of phosphoric acid groups is 1. The highest BCUT2D eigenvalue weighted by atomic mass is 31.2. The van der Waals surface area contributed by atoms with Crippen LogP contribution in [0.1, 0.15) is 168 Å². The highest BCUT2D eigenvalue weighted by molar-refractivity contribution is 7.47. The van der Waals surface area contributed by atoms with Gasteiger partial charge in [-0.1, -0.05) is 133 Å². The first kappa shape index (κ1) is 51.0. The Hall–Kier alpha value is -2.03. The Morgan fingerprint density at radius 1 is 0.604 bits per heavy atom. The van der Waals surface area contributed by atoms with E-state index < -0.39 is 26.5 Å². The van der Waals surface area contributed by atoms with Gasteiger partial charge in [-0.3, -0.25) is 18.6 Å². The number of allylic oxidation sites excluding steroid dienone is 8. The number of hydrogen-bond acceptors (Lipinski definition) is 8. The zero-order chi connectivity index (χ0) is 39.1. The molecule has 0 saturated heterocycles. The van der Waals surface area contributed by atoms with Gasteiger partial charge in [-0.2, -0.15) is 0 Å². The SMILES string of the molecule is CC/C=C\C/C=C\C/C=C\CCCCCCCC(=O)OCC(COP(=O)(O)OCCN(C)C)OC(=O)CCCCCCC/C=C\CCCCCCCC. The summed E-state index contributed by atoms with van der Waals surface area (Å²) in [7, 11) is -0.727. The molecule has 9 nitrogen and oxygen atoms in total. The molecule has 0 aliphatic carbocycles. The molecular formula is C43H78NO8P. The molecule has 308 valence electrons. The van der Waals surface area contributed by atoms with Crippen LogP contribution in [0.15, 0.2) is 48.6 Å². The molecule has 0 aliphatic rings. The first-order valence-corrected chi connectivity index (χ1v) is 22.4. The van der Waals surface area contributed by atoms with Crippen LogP contribution in [0.3, 0.4) is 0 Å². The van der Waals surface area contributed by atoms with E-state index in [0.717, 1.165) is 83.5 Å². The molecule has 0 aromatic carbocycles. The Labute approximate surface area is 324 Å². The van der Waals surface area contributed by atoms with Crippen molar-refractivity contribution in [1.29, 1.82) is 0 Å². The summed E-state index contributed by atoms with van der Waals surface area (Å²) >= 11 is 0. The van der Waals surface area contributed by atoms with Gasteiger partial charge in [-0.25, -0.2) is 4.57 Å². The summed E-state index contributed by atoms with van der Waals surface area (Å²) in [5, 5.41) is 0. The van der Waals surface area contributed by atoms with Gasteiger partial charge in [0, 0.05) is 19.4 Å². The fraction of sp³-hybridized carbons (Fsp3) is 0.767. The van der Waals surface area contributed by atoms with E-state index in [0.29, 0.717) is 19.4 Å². The van der Waals surface area contributed by atoms with Crippen molar-refractivity contribution in [1.82, 2.24) is 4.90 Å². The number of carbonyl (C=O) groups excluding carboxylic acids is 2. The largest absolute Gasteiger partial charge is 0.472 e. The maximum Gasteiger partial charge on any atom is 0.472 e. The molecule has 1 N–H and O–H groups in total. The first-order valence-electron chi connectivity index (χ1n) is 20.9. The van der Waals surface area contributed by atoms with Crippen molar-refractivity contribution in [3.05, 3.63) is 48.6 Å². The fourth-order valence-corrected chi connectivity index (χ4v) is 6.14. The lowest BCUT2D eigenvalue weighted by Gasteiger charge is -2.20. The Bertz CT molecular complexity index is 1030. The molecule has 0 amide bonds. The lowest BCUT2D eigenvalue weighted by Crippen LogP contribution is -2.29. The fourth-order valence-electron chi connectivity index (χ4n) is 5.40. The first-order chi connectivity index (χ1) is 25.7. The van der Waals surface area contributed by atoms with Crippen LogP contribution in [0.2, 0.25) is 0 Å². The van der Waals surface area contributed by atoms with Gasteiger partial charge in [0.15, 0.2) is 6.10 Å². The van der Waals surface area contributed by atoms with Crippen molar-refractivity contribution in [2.24, 2.45) is 0 Å². The molecule has 0 spiro atoms. The smallest absolute Gasteiger partial charge is 0.462 e. The van der Waals surface area contributed by atoms with Gasteiger partial charge in [0.1, 0.15) is 6.61 Å². The predicted molar refractivity (Wildman–Crippen MR) is 220 cm³/mol. The van der Waals surface area contributed by atoms with E-state index in [1.807, 2.05) is 19.0 Å². The van der Waals surface area contributed by atoms with Gasteiger partial charge in [-0.05, 0) is 84.7 Å². The quantitative estimate of drug-likeness (QED) is 0.0284. The van der Waals surface area contributed by atoms with Crippen LogP contribution in [0.25, 0.3) is 0 Å². The minimum absolute atomic E-state index is 0.00141. The van der Waals surface area contributed by atoms with Gasteiger partial charge in [-0.15, -0.1) is 0 Å². The second-order valence-corrected chi connectivity index (χ2v) is 15.6. The molecule has 0 radical (unpaired) electrons. The predicted octanol–water partition coefficient (Wildman–Crippen LogP) is 11.8. The van der Waals surface area contributed by atoms with E-state index in [-0.39, 0.29) is 32.0 Å². The number of likely N-dealkylation sites (N-methyl/N-ethyl adjacent to an activating group) is 1. The van der Waals surface area contributed by atoms with Crippen LogP contribution in [-0.2, 0) is 32.7 Å². The normalized spacial score (nSPS) is 13.9. The molecule has 0 bridgehead atoms. The summed E-state index contributed by atoms with van der Waals surface area (Å²) in [5.74, 6) is -0.835. The minimum Gasteiger partial charge on any atom is -0.462 e. The minimum atomic E-state index is -4.37. The molecule has 0 heterocycles. The third-order valence-corrected chi connectivity index (χ3v) is 9.60. The van der Waals surface area contributed by atoms with E-state index >= 15 is 0 Å². The highest BCUT2D eigenvalue weighted by Crippen LogP contribution is 2.43. The van der Waals surface area contributed by atoms with Crippen molar-refractivity contribution < 1.29 is 37.6 Å². The summed E-state index contributed by atoms with van der Waals surface area (Å²) in [6, 6.07) is 0. The number of rotatable bonds is 38. The molecule has 2 unspecified atom stereocenters. The van der Waals surface area contributed by atoms with Crippen LogP contribution in [0.4, 0.5) is 0 Å². The molecule has 2 atom stereocenters. The van der Waals surface area contributed by atoms with Crippen molar-refractivity contribution >= 4 is 19.8 Å². The van der Waals surface area contributed by atoms with Crippen LogP contribution >= 0.6 is 7.82 Å². The topological polar surface area (TPSA) is 112 Å². The number of unbranched alkanes of at least 4 members (excludes halogenated alkanes) is 16.